The van der Waals surface area contributed by atoms with Crippen molar-refractivity contribution < 1.29 is 10.2 Å². The Morgan fingerprint density at radius 2 is 1.86 bits per heavy atom. The summed E-state index contributed by atoms with van der Waals surface area (Å²) in [5.41, 5.74) is 11.7. The number of rotatable bonds is 0. The second-order valence-corrected chi connectivity index (χ2v) is 3.52. The zero-order valence-electron chi connectivity index (χ0n) is 7.44. The number of aromatic hydroxyl groups is 2. The SMILES string of the molecule is NC1(N)C=Nc2cc(O)c(O)cc2C1. The molecule has 6 N–H and O–H groups in total. The highest BCUT2D eigenvalue weighted by atomic mass is 16.3. The Hall–Kier alpha value is -1.59. The first-order valence-corrected chi connectivity index (χ1v) is 4.16. The van der Waals surface area contributed by atoms with E-state index in [-0.39, 0.29) is 11.5 Å². The lowest BCUT2D eigenvalue weighted by Crippen LogP contribution is -2.53. The molecule has 0 radical (unpaired) electrons. The van der Waals surface area contributed by atoms with Gasteiger partial charge >= 0.3 is 0 Å². The highest BCUT2D eigenvalue weighted by Crippen LogP contribution is 2.35. The van der Waals surface area contributed by atoms with E-state index in [9.17, 15) is 10.2 Å². The van der Waals surface area contributed by atoms with Crippen LogP contribution >= 0.6 is 0 Å². The molecule has 0 saturated carbocycles. The lowest BCUT2D eigenvalue weighted by Gasteiger charge is -2.24. The van der Waals surface area contributed by atoms with Gasteiger partial charge in [-0.25, -0.2) is 0 Å². The van der Waals surface area contributed by atoms with Crippen LogP contribution in [0, 0.1) is 0 Å². The maximum absolute atomic E-state index is 9.26. The fourth-order valence-corrected chi connectivity index (χ4v) is 1.44. The van der Waals surface area contributed by atoms with E-state index in [1.54, 1.807) is 0 Å². The van der Waals surface area contributed by atoms with Crippen molar-refractivity contribution in [2.24, 2.45) is 16.5 Å². The van der Waals surface area contributed by atoms with Crippen LogP contribution in [0.5, 0.6) is 11.5 Å². The van der Waals surface area contributed by atoms with Gasteiger partial charge in [0.2, 0.25) is 0 Å². The van der Waals surface area contributed by atoms with Crippen molar-refractivity contribution in [1.29, 1.82) is 0 Å². The number of hydrogen-bond acceptors (Lipinski definition) is 5. The van der Waals surface area contributed by atoms with Gasteiger partial charge in [-0.3, -0.25) is 4.99 Å². The van der Waals surface area contributed by atoms with E-state index in [2.05, 4.69) is 4.99 Å². The zero-order chi connectivity index (χ0) is 10.3. The zero-order valence-corrected chi connectivity index (χ0v) is 7.44. The van der Waals surface area contributed by atoms with Gasteiger partial charge in [0.1, 0.15) is 5.66 Å². The predicted octanol–water partition coefficient (Wildman–Crippen LogP) is -0.0301. The number of benzene rings is 1. The third-order valence-corrected chi connectivity index (χ3v) is 2.12. The molecule has 0 aromatic heterocycles. The van der Waals surface area contributed by atoms with Crippen molar-refractivity contribution in [3.63, 3.8) is 0 Å². The second-order valence-electron chi connectivity index (χ2n) is 3.52. The Morgan fingerprint density at radius 1 is 1.21 bits per heavy atom. The van der Waals surface area contributed by atoms with Crippen LogP contribution in [0.3, 0.4) is 0 Å². The molecule has 1 aromatic rings. The molecule has 1 aliphatic rings. The van der Waals surface area contributed by atoms with Gasteiger partial charge in [-0.05, 0) is 11.6 Å². The van der Waals surface area contributed by atoms with Gasteiger partial charge in [0.15, 0.2) is 11.5 Å². The van der Waals surface area contributed by atoms with Crippen LogP contribution in [-0.2, 0) is 6.42 Å². The van der Waals surface area contributed by atoms with Gasteiger partial charge in [-0.1, -0.05) is 0 Å². The largest absolute Gasteiger partial charge is 0.504 e. The summed E-state index contributed by atoms with van der Waals surface area (Å²) >= 11 is 0. The van der Waals surface area contributed by atoms with Gasteiger partial charge in [-0.15, -0.1) is 0 Å². The molecule has 1 aromatic carbocycles. The number of aliphatic imine (C=N–C) groups is 1. The number of hydrogen-bond donors (Lipinski definition) is 4. The minimum absolute atomic E-state index is 0.184. The number of fused-ring (bicyclic) bond motifs is 1. The van der Waals surface area contributed by atoms with Crippen LogP contribution in [-0.4, -0.2) is 22.1 Å². The summed E-state index contributed by atoms with van der Waals surface area (Å²) < 4.78 is 0. The number of phenols is 2. The molecule has 0 unspecified atom stereocenters. The van der Waals surface area contributed by atoms with E-state index in [1.165, 1.54) is 18.3 Å². The molecule has 0 atom stereocenters. The molecular weight excluding hydrogens is 182 g/mol. The number of nitrogens with two attached hydrogens (primary N) is 2. The maximum Gasteiger partial charge on any atom is 0.159 e. The average Bonchev–Trinajstić information content (AvgIpc) is 2.07. The summed E-state index contributed by atoms with van der Waals surface area (Å²) in [5.74, 6) is -0.376. The normalized spacial score (nSPS) is 17.9. The third kappa shape index (κ3) is 1.43. The maximum atomic E-state index is 9.26. The Balaban J connectivity index is 2.52. The topological polar surface area (TPSA) is 105 Å². The quantitative estimate of drug-likeness (QED) is 0.343. The summed E-state index contributed by atoms with van der Waals surface area (Å²) in [4.78, 5) is 4.00. The van der Waals surface area contributed by atoms with E-state index in [0.29, 0.717) is 12.1 Å². The van der Waals surface area contributed by atoms with Gasteiger partial charge in [-0.2, -0.15) is 0 Å². The molecule has 14 heavy (non-hydrogen) atoms. The standard InChI is InChI=1S/C9H11N3O2/c10-9(11)3-5-1-7(13)8(14)2-6(5)12-4-9/h1-2,4,13-14H,3,10-11H2. The summed E-state index contributed by atoms with van der Waals surface area (Å²) in [7, 11) is 0. The van der Waals surface area contributed by atoms with Crippen LogP contribution in [0.1, 0.15) is 5.56 Å². The second kappa shape index (κ2) is 2.70. The van der Waals surface area contributed by atoms with Crippen molar-refractivity contribution in [2.45, 2.75) is 12.1 Å². The van der Waals surface area contributed by atoms with Crippen molar-refractivity contribution in [2.75, 3.05) is 0 Å². The summed E-state index contributed by atoms with van der Waals surface area (Å²) in [5, 5.41) is 18.5. The molecule has 0 aliphatic carbocycles. The van der Waals surface area contributed by atoms with Crippen LogP contribution in [0.15, 0.2) is 17.1 Å². The molecule has 0 spiro atoms. The van der Waals surface area contributed by atoms with Crippen molar-refractivity contribution >= 4 is 11.9 Å². The molecule has 0 saturated heterocycles. The molecule has 1 aliphatic heterocycles. The average molecular weight is 193 g/mol. The fraction of sp³-hybridized carbons (Fsp3) is 0.222. The van der Waals surface area contributed by atoms with E-state index in [4.69, 9.17) is 11.5 Å². The van der Waals surface area contributed by atoms with Crippen molar-refractivity contribution in [3.05, 3.63) is 17.7 Å². The van der Waals surface area contributed by atoms with Gasteiger partial charge in [0, 0.05) is 18.7 Å². The van der Waals surface area contributed by atoms with Crippen molar-refractivity contribution in [1.82, 2.24) is 0 Å². The third-order valence-electron chi connectivity index (χ3n) is 2.12. The van der Waals surface area contributed by atoms with Crippen LogP contribution in [0.25, 0.3) is 0 Å². The minimum Gasteiger partial charge on any atom is -0.504 e. The highest BCUT2D eigenvalue weighted by Gasteiger charge is 2.24. The predicted molar refractivity (Wildman–Crippen MR) is 52.7 cm³/mol. The lowest BCUT2D eigenvalue weighted by molar-refractivity contribution is 0.402. The summed E-state index contributed by atoms with van der Waals surface area (Å²) in [6.07, 6.45) is 1.82. The molecule has 5 nitrogen and oxygen atoms in total. The smallest absolute Gasteiger partial charge is 0.159 e. The molecular formula is C9H11N3O2. The van der Waals surface area contributed by atoms with Crippen molar-refractivity contribution in [3.8, 4) is 11.5 Å². The molecule has 2 rings (SSSR count). The Kier molecular flexibility index (Phi) is 1.73. The molecule has 1 heterocycles. The number of phenolic OH excluding ortho intramolecular Hbond substituents is 2. The minimum atomic E-state index is -0.976. The molecule has 0 amide bonds. The summed E-state index contributed by atoms with van der Waals surface area (Å²) in [6, 6.07) is 2.81. The number of nitrogens with zero attached hydrogens (tertiary/aromatic N) is 1. The summed E-state index contributed by atoms with van der Waals surface area (Å²) in [6.45, 7) is 0. The van der Waals surface area contributed by atoms with Gasteiger partial charge in [0.25, 0.3) is 0 Å². The van der Waals surface area contributed by atoms with E-state index in [0.717, 1.165) is 5.56 Å². The Bertz CT molecular complexity index is 413. The molecule has 0 fully saturated rings. The van der Waals surface area contributed by atoms with Gasteiger partial charge in [0.05, 0.1) is 5.69 Å². The van der Waals surface area contributed by atoms with E-state index in [1.807, 2.05) is 0 Å². The van der Waals surface area contributed by atoms with Gasteiger partial charge < -0.3 is 21.7 Å². The Morgan fingerprint density at radius 3 is 2.57 bits per heavy atom. The fourth-order valence-electron chi connectivity index (χ4n) is 1.44. The first-order chi connectivity index (χ1) is 6.48. The van der Waals surface area contributed by atoms with Crippen LogP contribution in [0.2, 0.25) is 0 Å². The van der Waals surface area contributed by atoms with Crippen LogP contribution < -0.4 is 11.5 Å². The Labute approximate surface area is 80.7 Å². The first-order valence-electron chi connectivity index (χ1n) is 4.16. The molecule has 5 heteroatoms. The highest BCUT2D eigenvalue weighted by molar-refractivity contribution is 5.78. The molecule has 0 bridgehead atoms. The van der Waals surface area contributed by atoms with E-state index < -0.39 is 5.66 Å². The van der Waals surface area contributed by atoms with E-state index >= 15 is 0 Å². The first kappa shape index (κ1) is 8.98. The lowest BCUT2D eigenvalue weighted by atomic mass is 9.97. The monoisotopic (exact) mass is 193 g/mol. The van der Waals surface area contributed by atoms with Crippen LogP contribution in [0.4, 0.5) is 5.69 Å². The molecule has 74 valence electrons.